The van der Waals surface area contributed by atoms with Gasteiger partial charge in [0.1, 0.15) is 5.82 Å². The van der Waals surface area contributed by atoms with Crippen LogP contribution in [0.3, 0.4) is 0 Å². The highest BCUT2D eigenvalue weighted by molar-refractivity contribution is 5.90. The number of allylic oxidation sites excluding steroid dienone is 3. The topological polar surface area (TPSA) is 58.6 Å². The van der Waals surface area contributed by atoms with Crippen molar-refractivity contribution < 1.29 is 18.7 Å². The molecule has 1 amide bonds. The van der Waals surface area contributed by atoms with Crippen LogP contribution in [0.5, 0.6) is 0 Å². The quantitative estimate of drug-likeness (QED) is 0.232. The maximum absolute atomic E-state index is 15.2. The summed E-state index contributed by atoms with van der Waals surface area (Å²) in [5.74, 6) is 2.11. The molecule has 0 unspecified atom stereocenters. The molecule has 7 rings (SSSR count). The second-order valence-corrected chi connectivity index (χ2v) is 18.5. The lowest BCUT2D eigenvalue weighted by molar-refractivity contribution is -0.219. The normalized spacial score (nSPS) is 40.9. The summed E-state index contributed by atoms with van der Waals surface area (Å²) in [6.45, 7) is 22.2. The lowest BCUT2D eigenvalue weighted by atomic mass is 9.33. The van der Waals surface area contributed by atoms with Gasteiger partial charge in [0.15, 0.2) is 0 Å². The first-order chi connectivity index (χ1) is 23.1. The third-order valence-corrected chi connectivity index (χ3v) is 16.4. The van der Waals surface area contributed by atoms with Crippen molar-refractivity contribution in [2.45, 2.75) is 118 Å². The Morgan fingerprint density at radius 1 is 1.02 bits per heavy atom. The largest absolute Gasteiger partial charge is 0.465 e. The summed E-state index contributed by atoms with van der Waals surface area (Å²) in [5.41, 5.74) is 4.14. The molecule has 0 bridgehead atoms. The number of nitrogens with one attached hydrogen (secondary N) is 1. The fourth-order valence-corrected chi connectivity index (χ4v) is 13.9. The number of halogens is 1. The number of methoxy groups -OCH3 is 1. The standard InChI is InChI=1S/C43H61FN2O3/c1-27(2)29-15-20-43(45-23-25-46-24-9-10-36(46)47)22-21-41(6)32(37(29)43)13-14-35-40(5)18-16-31(39(3,4)34(40)17-19-42(35,41)7)28-11-12-30(33(44)26-28)38(48)49-8/h11-12,16,26,29,32,34-35,37,45H,1,9-10,13-15,17-25H2,2-8H3/t29-,32+,34-,35+,37+,40-,41+,42+,43-/m0/s1. The van der Waals surface area contributed by atoms with Gasteiger partial charge in [0.2, 0.25) is 5.91 Å². The van der Waals surface area contributed by atoms with Crippen molar-refractivity contribution in [3.8, 4) is 0 Å². The van der Waals surface area contributed by atoms with Crippen molar-refractivity contribution in [2.75, 3.05) is 26.7 Å². The molecule has 1 N–H and O–H groups in total. The van der Waals surface area contributed by atoms with E-state index < -0.39 is 11.8 Å². The van der Waals surface area contributed by atoms with Gasteiger partial charge in [0, 0.05) is 31.6 Å². The molecule has 1 aliphatic heterocycles. The Morgan fingerprint density at radius 2 is 1.80 bits per heavy atom. The van der Waals surface area contributed by atoms with Crippen LogP contribution in [0.1, 0.15) is 128 Å². The minimum Gasteiger partial charge on any atom is -0.465 e. The van der Waals surface area contributed by atoms with Gasteiger partial charge >= 0.3 is 5.97 Å². The second kappa shape index (κ2) is 12.1. The molecule has 4 saturated carbocycles. The number of amides is 1. The number of benzene rings is 1. The highest BCUT2D eigenvalue weighted by Crippen LogP contribution is 2.76. The van der Waals surface area contributed by atoms with E-state index in [-0.39, 0.29) is 32.8 Å². The summed E-state index contributed by atoms with van der Waals surface area (Å²) < 4.78 is 20.0. The molecule has 6 aliphatic rings. The molecule has 1 heterocycles. The smallest absolute Gasteiger partial charge is 0.340 e. The van der Waals surface area contributed by atoms with E-state index in [2.05, 4.69) is 64.4 Å². The van der Waals surface area contributed by atoms with Gasteiger partial charge in [0.25, 0.3) is 0 Å². The van der Waals surface area contributed by atoms with E-state index in [4.69, 9.17) is 4.74 Å². The van der Waals surface area contributed by atoms with Crippen LogP contribution in [0.15, 0.2) is 36.4 Å². The number of hydrogen-bond acceptors (Lipinski definition) is 4. The Balaban J connectivity index is 1.17. The molecule has 1 saturated heterocycles. The molecule has 9 atom stereocenters. The summed E-state index contributed by atoms with van der Waals surface area (Å²) in [6.07, 6.45) is 15.0. The number of rotatable bonds is 7. The number of carbonyl (C=O) groups is 2. The van der Waals surface area contributed by atoms with Gasteiger partial charge < -0.3 is 15.0 Å². The average Bonchev–Trinajstić information content (AvgIpc) is 3.64. The van der Waals surface area contributed by atoms with Crippen molar-refractivity contribution in [1.82, 2.24) is 10.2 Å². The monoisotopic (exact) mass is 672 g/mol. The van der Waals surface area contributed by atoms with E-state index in [1.165, 1.54) is 69.6 Å². The number of hydrogen-bond donors (Lipinski definition) is 1. The molecule has 0 aromatic heterocycles. The number of nitrogens with zero attached hydrogens (tertiary/aromatic N) is 1. The number of fused-ring (bicyclic) bond motifs is 7. The van der Waals surface area contributed by atoms with Crippen LogP contribution in [0.4, 0.5) is 4.39 Å². The van der Waals surface area contributed by atoms with Crippen molar-refractivity contribution >= 4 is 17.4 Å². The third-order valence-electron chi connectivity index (χ3n) is 16.4. The van der Waals surface area contributed by atoms with Crippen LogP contribution >= 0.6 is 0 Å². The van der Waals surface area contributed by atoms with Crippen LogP contribution in [-0.2, 0) is 9.53 Å². The van der Waals surface area contributed by atoms with Gasteiger partial charge in [0.05, 0.1) is 12.7 Å². The minimum atomic E-state index is -0.634. The zero-order chi connectivity index (χ0) is 35.1. The van der Waals surface area contributed by atoms with Gasteiger partial charge in [-0.3, -0.25) is 4.79 Å². The first-order valence-electron chi connectivity index (χ1n) is 19.4. The van der Waals surface area contributed by atoms with E-state index in [1.807, 2.05) is 6.07 Å². The number of carbonyl (C=O) groups excluding carboxylic acids is 2. The van der Waals surface area contributed by atoms with Crippen molar-refractivity contribution in [2.24, 2.45) is 51.2 Å². The number of ether oxygens (including phenoxy) is 1. The van der Waals surface area contributed by atoms with Crippen LogP contribution in [0.25, 0.3) is 5.57 Å². The summed E-state index contributed by atoms with van der Waals surface area (Å²) >= 11 is 0. The Hall–Kier alpha value is -2.47. The Labute approximate surface area is 294 Å². The van der Waals surface area contributed by atoms with Crippen LogP contribution < -0.4 is 5.32 Å². The van der Waals surface area contributed by atoms with Gasteiger partial charge in [-0.05, 0) is 146 Å². The fraction of sp³-hybridized carbons (Fsp3) is 0.721. The highest BCUT2D eigenvalue weighted by atomic mass is 19.1. The summed E-state index contributed by atoms with van der Waals surface area (Å²) in [5, 5.41) is 4.17. The SMILES string of the molecule is C=C(C)[C@@H]1CC[C@]2(NCCN3CCCC3=O)CC[C@]3(C)[C@H](CC[C@@H]4[C@@]5(C)CC=C(c6ccc(C(=O)OC)c(F)c6)C(C)(C)[C@@H]5CC[C@]43C)[C@@H]12. The van der Waals surface area contributed by atoms with Crippen molar-refractivity contribution in [1.29, 1.82) is 0 Å². The van der Waals surface area contributed by atoms with Gasteiger partial charge in [-0.1, -0.05) is 58.9 Å². The van der Waals surface area contributed by atoms with Crippen molar-refractivity contribution in [3.63, 3.8) is 0 Å². The van der Waals surface area contributed by atoms with Crippen LogP contribution in [0, 0.1) is 57.1 Å². The molecule has 0 spiro atoms. The van der Waals surface area contributed by atoms with E-state index in [9.17, 15) is 9.59 Å². The molecule has 5 nitrogen and oxygen atoms in total. The summed E-state index contributed by atoms with van der Waals surface area (Å²) in [6, 6.07) is 5.05. The molecule has 5 fully saturated rings. The fourth-order valence-electron chi connectivity index (χ4n) is 13.9. The van der Waals surface area contributed by atoms with E-state index in [1.54, 1.807) is 12.1 Å². The second-order valence-electron chi connectivity index (χ2n) is 18.5. The zero-order valence-corrected chi connectivity index (χ0v) is 31.4. The lowest BCUT2D eigenvalue weighted by Crippen LogP contribution is -2.68. The van der Waals surface area contributed by atoms with Crippen LogP contribution in [-0.4, -0.2) is 49.1 Å². The first kappa shape index (κ1) is 35.0. The first-order valence-corrected chi connectivity index (χ1v) is 19.4. The molecule has 1 aromatic carbocycles. The maximum atomic E-state index is 15.2. The molecule has 1 aromatic rings. The van der Waals surface area contributed by atoms with Gasteiger partial charge in [-0.15, -0.1) is 0 Å². The van der Waals surface area contributed by atoms with E-state index in [0.717, 1.165) is 38.0 Å². The predicted molar refractivity (Wildman–Crippen MR) is 194 cm³/mol. The summed E-state index contributed by atoms with van der Waals surface area (Å²) in [4.78, 5) is 26.6. The minimum absolute atomic E-state index is 0.00622. The Morgan fingerprint density at radius 3 is 2.47 bits per heavy atom. The molecular formula is C43H61FN2O3. The zero-order valence-electron chi connectivity index (χ0n) is 31.4. The molecule has 268 valence electrons. The van der Waals surface area contributed by atoms with Crippen LogP contribution in [0.2, 0.25) is 0 Å². The molecule has 5 aliphatic carbocycles. The maximum Gasteiger partial charge on any atom is 0.340 e. The highest BCUT2D eigenvalue weighted by Gasteiger charge is 2.70. The van der Waals surface area contributed by atoms with Crippen molar-refractivity contribution in [3.05, 3.63) is 53.4 Å². The molecule has 49 heavy (non-hydrogen) atoms. The molecular weight excluding hydrogens is 611 g/mol. The Kier molecular flexibility index (Phi) is 8.60. The Bertz CT molecular complexity index is 1570. The number of likely N-dealkylation sites (tertiary alicyclic amines) is 1. The van der Waals surface area contributed by atoms with Gasteiger partial charge in [-0.2, -0.15) is 0 Å². The number of esters is 1. The third kappa shape index (κ3) is 5.06. The molecule has 0 radical (unpaired) electrons. The average molecular weight is 673 g/mol. The predicted octanol–water partition coefficient (Wildman–Crippen LogP) is 9.23. The summed E-state index contributed by atoms with van der Waals surface area (Å²) in [7, 11) is 1.29. The van der Waals surface area contributed by atoms with E-state index >= 15 is 4.39 Å². The lowest BCUT2D eigenvalue weighted by Gasteiger charge is -2.72. The molecule has 6 heteroatoms. The van der Waals surface area contributed by atoms with Gasteiger partial charge in [-0.25, -0.2) is 9.18 Å². The van der Waals surface area contributed by atoms with E-state index in [0.29, 0.717) is 41.9 Å².